The van der Waals surface area contributed by atoms with Crippen LogP contribution in [0.25, 0.3) is 0 Å². The minimum Gasteiger partial charge on any atom is -0.338 e. The molecule has 6 rings (SSSR count). The van der Waals surface area contributed by atoms with Crippen LogP contribution in [0.1, 0.15) is 36.0 Å². The Balaban J connectivity index is 1.24. The van der Waals surface area contributed by atoms with E-state index in [1.165, 1.54) is 42.4 Å². The van der Waals surface area contributed by atoms with Crippen LogP contribution in [0.5, 0.6) is 0 Å². The van der Waals surface area contributed by atoms with E-state index in [0.29, 0.717) is 30.3 Å². The molecule has 3 saturated heterocycles. The summed E-state index contributed by atoms with van der Waals surface area (Å²) in [6.45, 7) is 3.16. The van der Waals surface area contributed by atoms with Gasteiger partial charge in [0.05, 0.1) is 0 Å². The number of nitrogens with zero attached hydrogens (tertiary/aromatic N) is 3. The van der Waals surface area contributed by atoms with E-state index in [0.717, 1.165) is 26.1 Å². The molecule has 3 aliphatic heterocycles. The van der Waals surface area contributed by atoms with E-state index in [4.69, 9.17) is 0 Å². The number of pyridine rings is 1. The zero-order chi connectivity index (χ0) is 18.9. The number of hydrogen-bond acceptors (Lipinski definition) is 3. The van der Waals surface area contributed by atoms with E-state index >= 15 is 0 Å². The summed E-state index contributed by atoms with van der Waals surface area (Å²) < 4.78 is 0. The van der Waals surface area contributed by atoms with Crippen molar-refractivity contribution in [3.63, 3.8) is 0 Å². The van der Waals surface area contributed by atoms with Crippen LogP contribution in [0.3, 0.4) is 0 Å². The van der Waals surface area contributed by atoms with Gasteiger partial charge in [0.2, 0.25) is 5.91 Å². The minimum atomic E-state index is 0.336. The Morgan fingerprint density at radius 1 is 0.929 bits per heavy atom. The van der Waals surface area contributed by atoms with E-state index in [1.54, 1.807) is 0 Å². The van der Waals surface area contributed by atoms with E-state index in [2.05, 4.69) is 39.0 Å². The first-order chi connectivity index (χ1) is 13.8. The fourth-order valence-corrected chi connectivity index (χ4v) is 5.46. The van der Waals surface area contributed by atoms with Crippen molar-refractivity contribution < 1.29 is 4.79 Å². The molecule has 146 valence electrons. The van der Waals surface area contributed by atoms with Crippen LogP contribution in [-0.4, -0.2) is 52.4 Å². The van der Waals surface area contributed by atoms with Crippen LogP contribution in [0, 0.1) is 5.92 Å². The molecule has 3 fully saturated rings. The van der Waals surface area contributed by atoms with Crippen LogP contribution in [0.4, 0.5) is 0 Å². The van der Waals surface area contributed by atoms with E-state index in [9.17, 15) is 4.79 Å². The summed E-state index contributed by atoms with van der Waals surface area (Å²) in [5.41, 5.74) is 4.25. The first-order valence-corrected chi connectivity index (χ1v) is 10.8. The third-order valence-electron chi connectivity index (χ3n) is 6.98. The predicted octanol–water partition coefficient (Wildman–Crippen LogP) is 3.10. The highest BCUT2D eigenvalue weighted by molar-refractivity contribution is 5.77. The van der Waals surface area contributed by atoms with Crippen molar-refractivity contribution in [2.45, 2.75) is 50.6 Å². The third-order valence-corrected chi connectivity index (χ3v) is 6.98. The second kappa shape index (κ2) is 7.67. The van der Waals surface area contributed by atoms with Crippen LogP contribution >= 0.6 is 0 Å². The summed E-state index contributed by atoms with van der Waals surface area (Å²) in [5, 5.41) is 0. The summed E-state index contributed by atoms with van der Waals surface area (Å²) >= 11 is 0. The first kappa shape index (κ1) is 17.9. The average molecular weight is 376 g/mol. The zero-order valence-electron chi connectivity index (χ0n) is 16.5. The SMILES string of the molecule is O=C(CCc1ccncc1)N1C[C@H]2CC[C@@H]1CN(C1Cc3ccccc3C1)C2. The van der Waals surface area contributed by atoms with Gasteiger partial charge in [0, 0.05) is 50.5 Å². The summed E-state index contributed by atoms with van der Waals surface area (Å²) in [4.78, 5) is 22.0. The zero-order valence-corrected chi connectivity index (χ0v) is 16.5. The molecule has 1 aromatic carbocycles. The molecule has 4 heterocycles. The number of amides is 1. The number of piperidine rings is 1. The number of carbonyl (C=O) groups is 1. The van der Waals surface area contributed by atoms with Gasteiger partial charge in [-0.15, -0.1) is 0 Å². The van der Waals surface area contributed by atoms with Crippen molar-refractivity contribution in [3.05, 3.63) is 65.5 Å². The first-order valence-electron chi connectivity index (χ1n) is 10.8. The maximum absolute atomic E-state index is 13.0. The molecule has 1 aliphatic carbocycles. The molecule has 28 heavy (non-hydrogen) atoms. The topological polar surface area (TPSA) is 36.4 Å². The van der Waals surface area contributed by atoms with E-state index in [1.807, 2.05) is 24.5 Å². The number of carbonyl (C=O) groups excluding carboxylic acids is 1. The van der Waals surface area contributed by atoms with Crippen molar-refractivity contribution in [2.75, 3.05) is 19.6 Å². The largest absolute Gasteiger partial charge is 0.338 e. The van der Waals surface area contributed by atoms with Crippen molar-refractivity contribution in [1.82, 2.24) is 14.8 Å². The minimum absolute atomic E-state index is 0.336. The molecule has 4 heteroatoms. The Morgan fingerprint density at radius 2 is 1.68 bits per heavy atom. The number of hydrogen-bond donors (Lipinski definition) is 0. The second-order valence-corrected chi connectivity index (χ2v) is 8.78. The van der Waals surface area contributed by atoms with Crippen LogP contribution in [0.2, 0.25) is 0 Å². The van der Waals surface area contributed by atoms with Gasteiger partial charge < -0.3 is 4.90 Å². The smallest absolute Gasteiger partial charge is 0.223 e. The number of benzene rings is 1. The molecular formula is C24H29N3O. The molecule has 0 spiro atoms. The van der Waals surface area contributed by atoms with E-state index in [-0.39, 0.29) is 0 Å². The lowest BCUT2D eigenvalue weighted by Gasteiger charge is -2.36. The van der Waals surface area contributed by atoms with Crippen molar-refractivity contribution in [2.24, 2.45) is 5.92 Å². The molecule has 1 aromatic heterocycles. The van der Waals surface area contributed by atoms with Gasteiger partial charge >= 0.3 is 0 Å². The normalized spacial score (nSPS) is 24.9. The molecule has 0 radical (unpaired) electrons. The van der Waals surface area contributed by atoms with Crippen LogP contribution < -0.4 is 0 Å². The third kappa shape index (κ3) is 3.58. The standard InChI is InChI=1S/C24H29N3O/c28-24(8-6-18-9-11-25-12-10-18)27-16-19-5-7-22(27)17-26(15-19)23-13-20-3-1-2-4-21(20)14-23/h1-4,9-12,19,22-23H,5-8,13-17H2/t19-,22+/m0/s1. The Morgan fingerprint density at radius 3 is 2.43 bits per heavy atom. The molecule has 2 bridgehead atoms. The highest BCUT2D eigenvalue weighted by atomic mass is 16.2. The van der Waals surface area contributed by atoms with Gasteiger partial charge in [-0.3, -0.25) is 14.7 Å². The highest BCUT2D eigenvalue weighted by Crippen LogP contribution is 2.33. The Kier molecular flexibility index (Phi) is 4.89. The van der Waals surface area contributed by atoms with Crippen molar-refractivity contribution in [3.8, 4) is 0 Å². The van der Waals surface area contributed by atoms with Gasteiger partial charge in [-0.2, -0.15) is 0 Å². The maximum Gasteiger partial charge on any atom is 0.223 e. The van der Waals surface area contributed by atoms with Crippen LogP contribution in [0.15, 0.2) is 48.8 Å². The van der Waals surface area contributed by atoms with E-state index < -0.39 is 0 Å². The number of fused-ring (bicyclic) bond motifs is 5. The number of rotatable bonds is 4. The average Bonchev–Trinajstić information content (AvgIpc) is 2.95. The highest BCUT2D eigenvalue weighted by Gasteiger charge is 2.39. The maximum atomic E-state index is 13.0. The molecule has 0 N–H and O–H groups in total. The summed E-state index contributed by atoms with van der Waals surface area (Å²) in [6, 6.07) is 13.9. The summed E-state index contributed by atoms with van der Waals surface area (Å²) in [5.74, 6) is 0.968. The van der Waals surface area contributed by atoms with Crippen molar-refractivity contribution in [1.29, 1.82) is 0 Å². The van der Waals surface area contributed by atoms with Gasteiger partial charge in [0.25, 0.3) is 0 Å². The fraction of sp³-hybridized carbons (Fsp3) is 0.500. The predicted molar refractivity (Wildman–Crippen MR) is 110 cm³/mol. The molecule has 0 unspecified atom stereocenters. The van der Waals surface area contributed by atoms with Gasteiger partial charge in [0.1, 0.15) is 0 Å². The van der Waals surface area contributed by atoms with Gasteiger partial charge in [0.15, 0.2) is 0 Å². The molecule has 4 aliphatic rings. The molecule has 0 saturated carbocycles. The lowest BCUT2D eigenvalue weighted by Crippen LogP contribution is -2.48. The molecular weight excluding hydrogens is 346 g/mol. The molecule has 2 atom stereocenters. The molecule has 2 aromatic rings. The quantitative estimate of drug-likeness (QED) is 0.824. The lowest BCUT2D eigenvalue weighted by atomic mass is 9.94. The molecule has 4 nitrogen and oxygen atoms in total. The number of aromatic nitrogens is 1. The summed E-state index contributed by atoms with van der Waals surface area (Å²) in [6.07, 6.45) is 9.84. The fourth-order valence-electron chi connectivity index (χ4n) is 5.46. The van der Waals surface area contributed by atoms with Crippen LogP contribution in [-0.2, 0) is 24.1 Å². The Labute approximate surface area is 167 Å². The Hall–Kier alpha value is -2.20. The van der Waals surface area contributed by atoms with Crippen molar-refractivity contribution >= 4 is 5.91 Å². The Bertz CT molecular complexity index is 812. The van der Waals surface area contributed by atoms with Gasteiger partial charge in [-0.1, -0.05) is 24.3 Å². The lowest BCUT2D eigenvalue weighted by molar-refractivity contribution is -0.135. The second-order valence-electron chi connectivity index (χ2n) is 8.78. The monoisotopic (exact) mass is 375 g/mol. The molecule has 1 amide bonds. The summed E-state index contributed by atoms with van der Waals surface area (Å²) in [7, 11) is 0. The van der Waals surface area contributed by atoms with Gasteiger partial charge in [-0.25, -0.2) is 0 Å². The van der Waals surface area contributed by atoms with Gasteiger partial charge in [-0.05, 0) is 66.8 Å². The number of aryl methyl sites for hydroxylation is 1.